The van der Waals surface area contributed by atoms with E-state index in [1.807, 2.05) is 18.7 Å². The number of carbonyl (C=O) groups is 1. The zero-order valence-corrected chi connectivity index (χ0v) is 13.0. The summed E-state index contributed by atoms with van der Waals surface area (Å²) in [5.41, 5.74) is 5.80. The number of nitrogens with zero attached hydrogens (tertiary/aromatic N) is 3. The van der Waals surface area contributed by atoms with Crippen LogP contribution in [0.25, 0.3) is 0 Å². The van der Waals surface area contributed by atoms with Gasteiger partial charge in [-0.2, -0.15) is 4.98 Å². The Balaban J connectivity index is 0.00000200. The van der Waals surface area contributed by atoms with Crippen LogP contribution >= 0.6 is 12.4 Å². The number of halogens is 1. The minimum absolute atomic E-state index is 0. The number of hydrogen-bond acceptors (Lipinski definition) is 5. The molecule has 1 aromatic heterocycles. The van der Waals surface area contributed by atoms with Crippen molar-refractivity contribution in [1.82, 2.24) is 15.0 Å². The summed E-state index contributed by atoms with van der Waals surface area (Å²) in [6.45, 7) is 6.99. The molecule has 6 nitrogen and oxygen atoms in total. The van der Waals surface area contributed by atoms with E-state index in [0.717, 1.165) is 19.4 Å². The summed E-state index contributed by atoms with van der Waals surface area (Å²) in [7, 11) is 0. The van der Waals surface area contributed by atoms with E-state index in [1.54, 1.807) is 6.92 Å². The molecule has 7 heteroatoms. The van der Waals surface area contributed by atoms with Crippen molar-refractivity contribution in [3.63, 3.8) is 0 Å². The third-order valence-corrected chi connectivity index (χ3v) is 3.80. The van der Waals surface area contributed by atoms with Gasteiger partial charge < -0.3 is 15.2 Å². The highest BCUT2D eigenvalue weighted by Crippen LogP contribution is 2.26. The Hall–Kier alpha value is -1.14. The Morgan fingerprint density at radius 1 is 1.50 bits per heavy atom. The monoisotopic (exact) mass is 302 g/mol. The minimum atomic E-state index is -0.150. The van der Waals surface area contributed by atoms with E-state index in [-0.39, 0.29) is 36.2 Å². The van der Waals surface area contributed by atoms with Crippen molar-refractivity contribution in [3.8, 4) is 0 Å². The fourth-order valence-corrected chi connectivity index (χ4v) is 2.37. The SMILES string of the molecule is Cc1noc(C2CCCN(C(=O)C(C)C(C)N)C2)n1.Cl. The highest BCUT2D eigenvalue weighted by Gasteiger charge is 2.31. The molecule has 3 atom stereocenters. The number of rotatable bonds is 3. The van der Waals surface area contributed by atoms with Gasteiger partial charge in [0.2, 0.25) is 11.8 Å². The second-order valence-electron chi connectivity index (χ2n) is 5.45. The van der Waals surface area contributed by atoms with Crippen LogP contribution in [0, 0.1) is 12.8 Å². The average molecular weight is 303 g/mol. The highest BCUT2D eigenvalue weighted by atomic mass is 35.5. The molecule has 1 aromatic rings. The largest absolute Gasteiger partial charge is 0.342 e. The number of likely N-dealkylation sites (tertiary alicyclic amines) is 1. The van der Waals surface area contributed by atoms with Gasteiger partial charge in [-0.05, 0) is 26.7 Å². The molecule has 3 unspecified atom stereocenters. The molecule has 20 heavy (non-hydrogen) atoms. The third kappa shape index (κ3) is 3.70. The van der Waals surface area contributed by atoms with Crippen molar-refractivity contribution in [1.29, 1.82) is 0 Å². The molecule has 0 aliphatic carbocycles. The zero-order valence-electron chi connectivity index (χ0n) is 12.2. The fourth-order valence-electron chi connectivity index (χ4n) is 2.37. The number of aromatic nitrogens is 2. The maximum absolute atomic E-state index is 12.3. The summed E-state index contributed by atoms with van der Waals surface area (Å²) < 4.78 is 5.22. The van der Waals surface area contributed by atoms with Crippen LogP contribution in [0.2, 0.25) is 0 Å². The van der Waals surface area contributed by atoms with E-state index in [1.165, 1.54) is 0 Å². The summed E-state index contributed by atoms with van der Waals surface area (Å²) >= 11 is 0. The second kappa shape index (κ2) is 7.04. The van der Waals surface area contributed by atoms with Gasteiger partial charge in [-0.15, -0.1) is 12.4 Å². The van der Waals surface area contributed by atoms with Crippen molar-refractivity contribution in [3.05, 3.63) is 11.7 Å². The van der Waals surface area contributed by atoms with Gasteiger partial charge in [-0.25, -0.2) is 0 Å². The van der Waals surface area contributed by atoms with Crippen LogP contribution in [0.4, 0.5) is 0 Å². The first kappa shape index (κ1) is 16.9. The lowest BCUT2D eigenvalue weighted by atomic mass is 9.95. The Kier molecular flexibility index (Phi) is 5.95. The number of piperidine rings is 1. The van der Waals surface area contributed by atoms with E-state index in [2.05, 4.69) is 10.1 Å². The van der Waals surface area contributed by atoms with Gasteiger partial charge in [-0.3, -0.25) is 4.79 Å². The molecule has 0 spiro atoms. The molecule has 114 valence electrons. The molecule has 0 bridgehead atoms. The number of aryl methyl sites for hydroxylation is 1. The van der Waals surface area contributed by atoms with Crippen molar-refractivity contribution >= 4 is 18.3 Å². The lowest BCUT2D eigenvalue weighted by Gasteiger charge is -2.33. The average Bonchev–Trinajstić information content (AvgIpc) is 2.84. The minimum Gasteiger partial charge on any atom is -0.342 e. The molecule has 1 aliphatic heterocycles. The molecule has 2 rings (SSSR count). The number of nitrogens with two attached hydrogens (primary N) is 1. The van der Waals surface area contributed by atoms with E-state index < -0.39 is 0 Å². The van der Waals surface area contributed by atoms with Crippen LogP contribution in [-0.2, 0) is 4.79 Å². The van der Waals surface area contributed by atoms with Crippen LogP contribution < -0.4 is 5.73 Å². The van der Waals surface area contributed by atoms with Crippen LogP contribution in [0.5, 0.6) is 0 Å². The summed E-state index contributed by atoms with van der Waals surface area (Å²) in [6.07, 6.45) is 1.95. The van der Waals surface area contributed by atoms with Crippen molar-refractivity contribution in [2.24, 2.45) is 11.7 Å². The van der Waals surface area contributed by atoms with Crippen molar-refractivity contribution in [2.45, 2.75) is 45.6 Å². The maximum atomic E-state index is 12.3. The van der Waals surface area contributed by atoms with Gasteiger partial charge in [0.15, 0.2) is 5.82 Å². The number of amides is 1. The van der Waals surface area contributed by atoms with E-state index in [9.17, 15) is 4.79 Å². The van der Waals surface area contributed by atoms with Gasteiger partial charge in [0.1, 0.15) is 0 Å². The molecule has 1 saturated heterocycles. The van der Waals surface area contributed by atoms with E-state index in [0.29, 0.717) is 18.3 Å². The topological polar surface area (TPSA) is 85.2 Å². The van der Waals surface area contributed by atoms with Crippen LogP contribution in [-0.4, -0.2) is 40.1 Å². The van der Waals surface area contributed by atoms with Crippen LogP contribution in [0.3, 0.4) is 0 Å². The first-order chi connectivity index (χ1) is 8.99. The van der Waals surface area contributed by atoms with Gasteiger partial charge >= 0.3 is 0 Å². The van der Waals surface area contributed by atoms with Gasteiger partial charge in [0.25, 0.3) is 0 Å². The first-order valence-corrected chi connectivity index (χ1v) is 6.83. The molecule has 1 aliphatic rings. The molecule has 0 saturated carbocycles. The van der Waals surface area contributed by atoms with E-state index in [4.69, 9.17) is 10.3 Å². The molecular weight excluding hydrogens is 280 g/mol. The lowest BCUT2D eigenvalue weighted by Crippen LogP contribution is -2.45. The van der Waals surface area contributed by atoms with Gasteiger partial charge in [0, 0.05) is 19.1 Å². The standard InChI is InChI=1S/C13H22N4O2.ClH/c1-8(9(2)14)13(18)17-6-4-5-11(7-17)12-15-10(3)16-19-12;/h8-9,11H,4-7,14H2,1-3H3;1H. The number of carbonyl (C=O) groups excluding carboxylic acids is 1. The Morgan fingerprint density at radius 3 is 2.75 bits per heavy atom. The highest BCUT2D eigenvalue weighted by molar-refractivity contribution is 5.85. The molecule has 1 amide bonds. The van der Waals surface area contributed by atoms with Crippen molar-refractivity contribution < 1.29 is 9.32 Å². The molecular formula is C13H23ClN4O2. The molecule has 2 heterocycles. The smallest absolute Gasteiger partial charge is 0.231 e. The Bertz CT molecular complexity index is 449. The predicted molar refractivity (Wildman–Crippen MR) is 77.7 cm³/mol. The van der Waals surface area contributed by atoms with Crippen LogP contribution in [0.15, 0.2) is 4.52 Å². The summed E-state index contributed by atoms with van der Waals surface area (Å²) in [5.74, 6) is 1.41. The quantitative estimate of drug-likeness (QED) is 0.914. The normalized spacial score (nSPS) is 22.0. The molecule has 0 aromatic carbocycles. The van der Waals surface area contributed by atoms with Crippen molar-refractivity contribution in [2.75, 3.05) is 13.1 Å². The second-order valence-corrected chi connectivity index (χ2v) is 5.45. The van der Waals surface area contributed by atoms with Gasteiger partial charge in [-0.1, -0.05) is 12.1 Å². The molecule has 2 N–H and O–H groups in total. The third-order valence-electron chi connectivity index (χ3n) is 3.80. The summed E-state index contributed by atoms with van der Waals surface area (Å²) in [4.78, 5) is 18.4. The predicted octanol–water partition coefficient (Wildman–Crippen LogP) is 1.49. The molecule has 1 fully saturated rings. The Morgan fingerprint density at radius 2 is 2.20 bits per heavy atom. The lowest BCUT2D eigenvalue weighted by molar-refractivity contribution is -0.136. The molecule has 0 radical (unpaired) electrons. The van der Waals surface area contributed by atoms with Crippen LogP contribution in [0.1, 0.15) is 44.3 Å². The number of hydrogen-bond donors (Lipinski definition) is 1. The van der Waals surface area contributed by atoms with E-state index >= 15 is 0 Å². The summed E-state index contributed by atoms with van der Waals surface area (Å²) in [5, 5.41) is 3.82. The first-order valence-electron chi connectivity index (χ1n) is 6.83. The zero-order chi connectivity index (χ0) is 14.0. The maximum Gasteiger partial charge on any atom is 0.231 e. The van der Waals surface area contributed by atoms with Gasteiger partial charge in [0.05, 0.1) is 11.8 Å². The summed E-state index contributed by atoms with van der Waals surface area (Å²) in [6, 6.07) is -0.126. The fraction of sp³-hybridized carbons (Fsp3) is 0.769. The Labute approximate surface area is 125 Å².